The van der Waals surface area contributed by atoms with Gasteiger partial charge in [-0.15, -0.1) is 0 Å². The smallest absolute Gasteiger partial charge is 0.223 e. The number of carbonyl (C=O) groups excluding carboxylic acids is 1. The van der Waals surface area contributed by atoms with Crippen molar-refractivity contribution in [3.63, 3.8) is 0 Å². The summed E-state index contributed by atoms with van der Waals surface area (Å²) in [6, 6.07) is 2.03. The van der Waals surface area contributed by atoms with E-state index in [1.807, 2.05) is 26.8 Å². The topological polar surface area (TPSA) is 67.8 Å². The van der Waals surface area contributed by atoms with E-state index in [1.165, 1.54) is 5.56 Å². The molecule has 26 heavy (non-hydrogen) atoms. The molecular weight excluding hydrogens is 330 g/mol. The van der Waals surface area contributed by atoms with E-state index < -0.39 is 6.10 Å². The van der Waals surface area contributed by atoms with Gasteiger partial charge in [-0.05, 0) is 55.0 Å². The summed E-state index contributed by atoms with van der Waals surface area (Å²) in [7, 11) is 1.61. The molecule has 0 radical (unpaired) electrons. The third-order valence-corrected chi connectivity index (χ3v) is 5.37. The van der Waals surface area contributed by atoms with Crippen molar-refractivity contribution in [1.29, 1.82) is 0 Å². The Balaban J connectivity index is 2.25. The van der Waals surface area contributed by atoms with Crippen molar-refractivity contribution in [3.8, 4) is 5.75 Å². The second kappa shape index (κ2) is 9.19. The zero-order chi connectivity index (χ0) is 19.3. The van der Waals surface area contributed by atoms with Crippen LogP contribution < -0.4 is 10.1 Å². The number of aryl methyl sites for hydroxylation is 1. The molecule has 3 atom stereocenters. The van der Waals surface area contributed by atoms with Gasteiger partial charge in [0.2, 0.25) is 5.91 Å². The van der Waals surface area contributed by atoms with Crippen LogP contribution in [0.4, 0.5) is 0 Å². The number of hydrogen-bond acceptors (Lipinski definition) is 4. The molecule has 0 aliphatic heterocycles. The third kappa shape index (κ3) is 4.27. The van der Waals surface area contributed by atoms with Crippen molar-refractivity contribution in [2.45, 2.75) is 39.7 Å². The van der Waals surface area contributed by atoms with Gasteiger partial charge in [-0.2, -0.15) is 0 Å². The highest BCUT2D eigenvalue weighted by Gasteiger charge is 2.37. The second-order valence-corrected chi connectivity index (χ2v) is 7.03. The molecule has 0 saturated carbocycles. The number of carbonyl (C=O) groups is 1. The first-order chi connectivity index (χ1) is 12.4. The predicted octanol–water partition coefficient (Wildman–Crippen LogP) is 2.86. The van der Waals surface area contributed by atoms with Crippen LogP contribution in [0.3, 0.4) is 0 Å². The van der Waals surface area contributed by atoms with Crippen LogP contribution >= 0.6 is 0 Å². The lowest BCUT2D eigenvalue weighted by atomic mass is 9.72. The van der Waals surface area contributed by atoms with E-state index in [4.69, 9.17) is 9.47 Å². The van der Waals surface area contributed by atoms with Gasteiger partial charge in [-0.25, -0.2) is 0 Å². The zero-order valence-corrected chi connectivity index (χ0v) is 16.3. The summed E-state index contributed by atoms with van der Waals surface area (Å²) in [5, 5.41) is 14.0. The maximum absolute atomic E-state index is 12.4. The number of benzene rings is 1. The molecule has 0 aromatic heterocycles. The quantitative estimate of drug-likeness (QED) is 0.552. The first kappa shape index (κ1) is 20.5. The van der Waals surface area contributed by atoms with Crippen molar-refractivity contribution in [2.24, 2.45) is 11.8 Å². The predicted molar refractivity (Wildman–Crippen MR) is 102 cm³/mol. The van der Waals surface area contributed by atoms with E-state index in [-0.39, 0.29) is 17.7 Å². The minimum atomic E-state index is -0.673. The Morgan fingerprint density at radius 3 is 2.88 bits per heavy atom. The number of nitrogens with one attached hydrogen (secondary N) is 1. The minimum Gasteiger partial charge on any atom is -0.489 e. The number of aliphatic hydroxyl groups is 1. The molecule has 0 heterocycles. The van der Waals surface area contributed by atoms with Crippen LogP contribution in [0.25, 0.3) is 0 Å². The number of ether oxygens (including phenoxy) is 2. The van der Waals surface area contributed by atoms with Crippen LogP contribution in [0.2, 0.25) is 0 Å². The number of methoxy groups -OCH3 is 1. The fourth-order valence-corrected chi connectivity index (χ4v) is 3.83. The van der Waals surface area contributed by atoms with E-state index in [9.17, 15) is 9.90 Å². The highest BCUT2D eigenvalue weighted by molar-refractivity contribution is 5.78. The highest BCUT2D eigenvalue weighted by atomic mass is 16.5. The molecule has 0 bridgehead atoms. The SMILES string of the molecule is C=CCOc1cc(C)c2c(c1C)[C@H](O)[C@@H]([C@H](C)C(=O)NCCOC)CC2. The van der Waals surface area contributed by atoms with E-state index in [1.54, 1.807) is 13.2 Å². The van der Waals surface area contributed by atoms with Crippen molar-refractivity contribution in [3.05, 3.63) is 41.0 Å². The number of amides is 1. The molecule has 1 aliphatic rings. The fraction of sp³-hybridized carbons (Fsp3) is 0.571. The summed E-state index contributed by atoms with van der Waals surface area (Å²) in [6.45, 7) is 11.0. The molecule has 144 valence electrons. The Morgan fingerprint density at radius 1 is 1.50 bits per heavy atom. The van der Waals surface area contributed by atoms with E-state index in [2.05, 4.69) is 11.9 Å². The summed E-state index contributed by atoms with van der Waals surface area (Å²) in [6.07, 6.45) is 2.69. The van der Waals surface area contributed by atoms with Crippen LogP contribution in [0.1, 0.15) is 41.7 Å². The van der Waals surface area contributed by atoms with Crippen LogP contribution in [-0.2, 0) is 16.0 Å². The van der Waals surface area contributed by atoms with Gasteiger partial charge in [0.25, 0.3) is 0 Å². The third-order valence-electron chi connectivity index (χ3n) is 5.37. The first-order valence-corrected chi connectivity index (χ1v) is 9.23. The van der Waals surface area contributed by atoms with Crippen molar-refractivity contribution in [2.75, 3.05) is 26.9 Å². The molecule has 2 N–H and O–H groups in total. The van der Waals surface area contributed by atoms with Crippen LogP contribution in [0, 0.1) is 25.7 Å². The largest absolute Gasteiger partial charge is 0.489 e. The van der Waals surface area contributed by atoms with Gasteiger partial charge in [-0.3, -0.25) is 4.79 Å². The van der Waals surface area contributed by atoms with Crippen molar-refractivity contribution >= 4 is 5.91 Å². The average molecular weight is 361 g/mol. The van der Waals surface area contributed by atoms with Gasteiger partial charge >= 0.3 is 0 Å². The normalized spacial score (nSPS) is 20.2. The van der Waals surface area contributed by atoms with Gasteiger partial charge in [0.15, 0.2) is 0 Å². The molecule has 0 fully saturated rings. The monoisotopic (exact) mass is 361 g/mol. The Kier molecular flexibility index (Phi) is 7.23. The molecule has 2 rings (SSSR count). The molecule has 0 unspecified atom stereocenters. The summed E-state index contributed by atoms with van der Waals surface area (Å²) < 4.78 is 10.7. The Bertz CT molecular complexity index is 656. The summed E-state index contributed by atoms with van der Waals surface area (Å²) >= 11 is 0. The molecule has 1 aromatic rings. The van der Waals surface area contributed by atoms with E-state index >= 15 is 0 Å². The number of fused-ring (bicyclic) bond motifs is 1. The maximum atomic E-state index is 12.4. The number of hydrogen-bond donors (Lipinski definition) is 2. The van der Waals surface area contributed by atoms with Crippen LogP contribution in [0.15, 0.2) is 18.7 Å². The lowest BCUT2D eigenvalue weighted by molar-refractivity contribution is -0.128. The second-order valence-electron chi connectivity index (χ2n) is 7.03. The molecule has 5 heteroatoms. The van der Waals surface area contributed by atoms with Gasteiger partial charge < -0.3 is 19.9 Å². The van der Waals surface area contributed by atoms with Crippen molar-refractivity contribution in [1.82, 2.24) is 5.32 Å². The van der Waals surface area contributed by atoms with Gasteiger partial charge in [0.05, 0.1) is 12.7 Å². The Hall–Kier alpha value is -1.85. The minimum absolute atomic E-state index is 0.0389. The summed E-state index contributed by atoms with van der Waals surface area (Å²) in [4.78, 5) is 12.4. The fourth-order valence-electron chi connectivity index (χ4n) is 3.83. The summed E-state index contributed by atoms with van der Waals surface area (Å²) in [5.74, 6) is 0.353. The summed E-state index contributed by atoms with van der Waals surface area (Å²) in [5.41, 5.74) is 4.19. The molecule has 1 aliphatic carbocycles. The maximum Gasteiger partial charge on any atom is 0.223 e. The average Bonchev–Trinajstić information content (AvgIpc) is 2.62. The van der Waals surface area contributed by atoms with Gasteiger partial charge in [-0.1, -0.05) is 19.6 Å². The first-order valence-electron chi connectivity index (χ1n) is 9.23. The number of aliphatic hydroxyl groups excluding tert-OH is 1. The Morgan fingerprint density at radius 2 is 2.23 bits per heavy atom. The molecule has 0 saturated heterocycles. The van der Waals surface area contributed by atoms with Gasteiger partial charge in [0.1, 0.15) is 12.4 Å². The molecule has 1 aromatic carbocycles. The highest BCUT2D eigenvalue weighted by Crippen LogP contribution is 2.43. The van der Waals surface area contributed by atoms with Crippen molar-refractivity contribution < 1.29 is 19.4 Å². The lowest BCUT2D eigenvalue weighted by Crippen LogP contribution is -2.38. The molecule has 0 spiro atoms. The van der Waals surface area contributed by atoms with Crippen LogP contribution in [0.5, 0.6) is 5.75 Å². The lowest BCUT2D eigenvalue weighted by Gasteiger charge is -2.36. The van der Waals surface area contributed by atoms with Crippen LogP contribution in [-0.4, -0.2) is 37.9 Å². The van der Waals surface area contributed by atoms with E-state index in [0.29, 0.717) is 19.8 Å². The molecular formula is C21H31NO4. The number of rotatable bonds is 8. The Labute approximate surface area is 156 Å². The molecule has 5 nitrogen and oxygen atoms in total. The van der Waals surface area contributed by atoms with Gasteiger partial charge in [0, 0.05) is 25.5 Å². The molecule has 1 amide bonds. The standard InChI is InChI=1S/C21H31NO4/c1-6-10-26-18-12-13(2)16-7-8-17(20(23)19(16)15(18)4)14(3)21(24)22-9-11-25-5/h6,12,14,17,20,23H,1,7-11H2,2-5H3,(H,22,24)/t14-,17+,20+/m0/s1. The zero-order valence-electron chi connectivity index (χ0n) is 16.3. The van der Waals surface area contributed by atoms with E-state index in [0.717, 1.165) is 35.3 Å².